The Labute approximate surface area is 199 Å². The summed E-state index contributed by atoms with van der Waals surface area (Å²) in [6.07, 6.45) is 0. The highest BCUT2D eigenvalue weighted by molar-refractivity contribution is 9.10. The quantitative estimate of drug-likeness (QED) is 0.175. The van der Waals surface area contributed by atoms with Crippen LogP contribution in [0.3, 0.4) is 0 Å². The average molecular weight is 510 g/mol. The Morgan fingerprint density at radius 2 is 1.62 bits per heavy atom. The van der Waals surface area contributed by atoms with Gasteiger partial charge in [0.15, 0.2) is 0 Å². The highest BCUT2D eigenvalue weighted by Crippen LogP contribution is 2.30. The number of halogens is 1. The van der Waals surface area contributed by atoms with Gasteiger partial charge in [-0.15, -0.1) is 0 Å². The average Bonchev–Trinajstić information content (AvgIpc) is 3.10. The number of benzene rings is 3. The molecule has 0 N–H and O–H groups in total. The van der Waals surface area contributed by atoms with E-state index in [1.807, 2.05) is 35.0 Å². The van der Waals surface area contributed by atoms with Crippen LogP contribution in [0.5, 0.6) is 5.75 Å². The first kappa shape index (κ1) is 22.8. The minimum absolute atomic E-state index is 0.461. The topological polar surface area (TPSA) is 36.3 Å². The summed E-state index contributed by atoms with van der Waals surface area (Å²) < 4.78 is 14.6. The van der Waals surface area contributed by atoms with E-state index in [4.69, 9.17) is 9.47 Å². The molecule has 0 saturated carbocycles. The molecule has 4 aromatic rings. The largest absolute Gasteiger partial charge is 0.489 e. The van der Waals surface area contributed by atoms with Crippen LogP contribution in [0.4, 0.5) is 0 Å². The summed E-state index contributed by atoms with van der Waals surface area (Å²) >= 11 is 3.59. The lowest BCUT2D eigenvalue weighted by Crippen LogP contribution is -2.22. The zero-order valence-electron chi connectivity index (χ0n) is 18.8. The zero-order valence-corrected chi connectivity index (χ0v) is 21.4. The Balaban J connectivity index is 1.46. The van der Waals surface area contributed by atoms with E-state index in [-0.39, 0.29) is 0 Å². The predicted molar refractivity (Wildman–Crippen MR) is 138 cm³/mol. The maximum atomic E-state index is 5.94. The first-order valence-electron chi connectivity index (χ1n) is 10.9. The summed E-state index contributed by atoms with van der Waals surface area (Å²) in [6.45, 7) is 8.89. The number of ether oxygens (including phenoxy) is 2. The second-order valence-corrected chi connectivity index (χ2v) is 15.5. The van der Waals surface area contributed by atoms with E-state index in [9.17, 15) is 0 Å². The molecule has 32 heavy (non-hydrogen) atoms. The van der Waals surface area contributed by atoms with Crippen LogP contribution in [0.2, 0.25) is 25.7 Å². The van der Waals surface area contributed by atoms with Crippen molar-refractivity contribution in [2.75, 3.05) is 6.61 Å². The number of fused-ring (bicyclic) bond motifs is 1. The van der Waals surface area contributed by atoms with Crippen LogP contribution in [0, 0.1) is 0 Å². The second-order valence-electron chi connectivity index (χ2n) is 9.17. The van der Waals surface area contributed by atoms with Crippen molar-refractivity contribution >= 4 is 34.9 Å². The number of hydrogen-bond acceptors (Lipinski definition) is 3. The van der Waals surface area contributed by atoms with Crippen molar-refractivity contribution in [3.05, 3.63) is 83.0 Å². The van der Waals surface area contributed by atoms with Gasteiger partial charge in [-0.25, -0.2) is 4.68 Å². The van der Waals surface area contributed by atoms with Crippen LogP contribution < -0.4 is 4.74 Å². The van der Waals surface area contributed by atoms with Crippen LogP contribution in [0.15, 0.2) is 77.4 Å². The van der Waals surface area contributed by atoms with Gasteiger partial charge in [-0.2, -0.15) is 5.10 Å². The maximum Gasteiger partial charge on any atom is 0.140 e. The Kier molecular flexibility index (Phi) is 7.13. The fourth-order valence-electron chi connectivity index (χ4n) is 3.43. The van der Waals surface area contributed by atoms with Gasteiger partial charge in [-0.1, -0.05) is 68.2 Å². The molecule has 0 amide bonds. The van der Waals surface area contributed by atoms with Crippen LogP contribution in [0.25, 0.3) is 22.0 Å². The van der Waals surface area contributed by atoms with Crippen LogP contribution in [0.1, 0.15) is 5.56 Å². The molecule has 1 heterocycles. The van der Waals surface area contributed by atoms with Crippen LogP contribution >= 0.6 is 15.9 Å². The summed E-state index contributed by atoms with van der Waals surface area (Å²) in [4.78, 5) is 0. The Morgan fingerprint density at radius 3 is 2.34 bits per heavy atom. The standard InChI is InChI=1S/C26H29BrN2O2Si/c1-32(2,3)16-15-30-19-29-25-17-22(11-14-24(25)26(27)28-29)21-9-12-23(13-10-21)31-18-20-7-5-4-6-8-20/h4-14,17H,15-16,18-19H2,1-3H3. The van der Waals surface area contributed by atoms with Gasteiger partial charge in [0.1, 0.15) is 23.7 Å². The Morgan fingerprint density at radius 1 is 0.906 bits per heavy atom. The fourth-order valence-corrected chi connectivity index (χ4v) is 4.71. The van der Waals surface area contributed by atoms with Gasteiger partial charge >= 0.3 is 0 Å². The first-order valence-corrected chi connectivity index (χ1v) is 15.4. The van der Waals surface area contributed by atoms with E-state index in [0.717, 1.165) is 50.6 Å². The number of aromatic nitrogens is 2. The van der Waals surface area contributed by atoms with Crippen molar-refractivity contribution in [2.45, 2.75) is 39.0 Å². The molecule has 0 aliphatic rings. The third kappa shape index (κ3) is 5.88. The van der Waals surface area contributed by atoms with E-state index in [0.29, 0.717) is 13.3 Å². The minimum Gasteiger partial charge on any atom is -0.489 e. The van der Waals surface area contributed by atoms with E-state index in [1.54, 1.807) is 0 Å². The van der Waals surface area contributed by atoms with Gasteiger partial charge < -0.3 is 9.47 Å². The van der Waals surface area contributed by atoms with Gasteiger partial charge in [-0.05, 0) is 62.9 Å². The third-order valence-corrected chi connectivity index (χ3v) is 7.64. The Hall–Kier alpha value is -2.41. The summed E-state index contributed by atoms with van der Waals surface area (Å²) in [5, 5.41) is 5.71. The lowest BCUT2D eigenvalue weighted by atomic mass is 10.0. The van der Waals surface area contributed by atoms with Crippen LogP contribution in [-0.4, -0.2) is 24.5 Å². The van der Waals surface area contributed by atoms with Crippen molar-refractivity contribution in [3.8, 4) is 16.9 Å². The molecule has 166 valence electrons. The minimum atomic E-state index is -1.10. The van der Waals surface area contributed by atoms with Gasteiger partial charge in [0, 0.05) is 20.1 Å². The summed E-state index contributed by atoms with van der Waals surface area (Å²) in [7, 11) is -1.10. The molecule has 0 spiro atoms. The smallest absolute Gasteiger partial charge is 0.140 e. The Bertz CT molecular complexity index is 1170. The summed E-state index contributed by atoms with van der Waals surface area (Å²) in [5.41, 5.74) is 4.50. The summed E-state index contributed by atoms with van der Waals surface area (Å²) in [6, 6.07) is 26.0. The molecule has 4 rings (SSSR count). The highest BCUT2D eigenvalue weighted by atomic mass is 79.9. The molecule has 4 nitrogen and oxygen atoms in total. The van der Waals surface area contributed by atoms with E-state index < -0.39 is 8.07 Å². The number of nitrogens with zero attached hydrogens (tertiary/aromatic N) is 2. The SMILES string of the molecule is C[Si](C)(C)CCOCn1nc(Br)c2ccc(-c3ccc(OCc4ccccc4)cc3)cc21. The fraction of sp³-hybridized carbons (Fsp3) is 0.269. The van der Waals surface area contributed by atoms with Crippen molar-refractivity contribution in [1.29, 1.82) is 0 Å². The predicted octanol–water partition coefficient (Wildman–Crippen LogP) is 7.36. The molecule has 3 aromatic carbocycles. The maximum absolute atomic E-state index is 5.94. The molecule has 0 fully saturated rings. The third-order valence-electron chi connectivity index (χ3n) is 5.35. The molecular weight excluding hydrogens is 480 g/mol. The van der Waals surface area contributed by atoms with E-state index in [2.05, 4.69) is 83.1 Å². The zero-order chi connectivity index (χ0) is 22.6. The normalized spacial score (nSPS) is 11.8. The van der Waals surface area contributed by atoms with E-state index >= 15 is 0 Å². The van der Waals surface area contributed by atoms with E-state index in [1.165, 1.54) is 0 Å². The second kappa shape index (κ2) is 10.0. The molecule has 0 radical (unpaired) electrons. The molecule has 0 bridgehead atoms. The molecule has 0 unspecified atom stereocenters. The summed E-state index contributed by atoms with van der Waals surface area (Å²) in [5.74, 6) is 0.863. The van der Waals surface area contributed by atoms with Gasteiger partial charge in [0.2, 0.25) is 0 Å². The monoisotopic (exact) mass is 508 g/mol. The van der Waals surface area contributed by atoms with Gasteiger partial charge in [0.25, 0.3) is 0 Å². The molecule has 0 aliphatic heterocycles. The van der Waals surface area contributed by atoms with Crippen molar-refractivity contribution in [3.63, 3.8) is 0 Å². The molecule has 6 heteroatoms. The molecule has 0 saturated heterocycles. The number of rotatable bonds is 9. The molecule has 0 aliphatic carbocycles. The van der Waals surface area contributed by atoms with Gasteiger partial charge in [0.05, 0.1) is 5.52 Å². The van der Waals surface area contributed by atoms with Crippen molar-refractivity contribution in [1.82, 2.24) is 9.78 Å². The highest BCUT2D eigenvalue weighted by Gasteiger charge is 2.14. The van der Waals surface area contributed by atoms with Crippen molar-refractivity contribution in [2.24, 2.45) is 0 Å². The molecule has 0 atom stereocenters. The first-order chi connectivity index (χ1) is 15.4. The molecule has 1 aromatic heterocycles. The lowest BCUT2D eigenvalue weighted by Gasteiger charge is -2.15. The van der Waals surface area contributed by atoms with Crippen LogP contribution in [-0.2, 0) is 18.1 Å². The van der Waals surface area contributed by atoms with Gasteiger partial charge in [-0.3, -0.25) is 0 Å². The van der Waals surface area contributed by atoms with Crippen molar-refractivity contribution < 1.29 is 9.47 Å². The molecular formula is C26H29BrN2O2Si. The lowest BCUT2D eigenvalue weighted by molar-refractivity contribution is 0.0815. The number of hydrogen-bond donors (Lipinski definition) is 0.